The van der Waals surface area contributed by atoms with Crippen LogP contribution in [0, 0.1) is 0 Å². The van der Waals surface area contributed by atoms with Gasteiger partial charge in [-0.15, -0.1) is 0 Å². The molecule has 0 aliphatic heterocycles. The lowest BCUT2D eigenvalue weighted by Gasteiger charge is -2.14. The summed E-state index contributed by atoms with van der Waals surface area (Å²) in [6, 6.07) is 10.3. The van der Waals surface area contributed by atoms with Crippen molar-refractivity contribution in [1.29, 1.82) is 0 Å². The van der Waals surface area contributed by atoms with Gasteiger partial charge in [0.05, 0.1) is 11.4 Å². The zero-order chi connectivity index (χ0) is 12.8. The van der Waals surface area contributed by atoms with Crippen molar-refractivity contribution in [2.75, 3.05) is 0 Å². The van der Waals surface area contributed by atoms with Gasteiger partial charge in [0.15, 0.2) is 0 Å². The molecule has 0 aliphatic carbocycles. The van der Waals surface area contributed by atoms with Crippen molar-refractivity contribution in [2.24, 2.45) is 0 Å². The first kappa shape index (κ1) is 12.7. The number of nitrogens with zero attached hydrogens (tertiary/aromatic N) is 2. The van der Waals surface area contributed by atoms with Gasteiger partial charge in [0.2, 0.25) is 0 Å². The smallest absolute Gasteiger partial charge is 0.0573 e. The van der Waals surface area contributed by atoms with E-state index in [4.69, 9.17) is 0 Å². The van der Waals surface area contributed by atoms with E-state index in [1.54, 1.807) is 0 Å². The molecule has 2 aromatic heterocycles. The Hall–Kier alpha value is -1.74. The lowest BCUT2D eigenvalue weighted by molar-refractivity contribution is 0.553. The molecule has 3 nitrogen and oxygen atoms in total. The standard InChI is InChI=1S/C15H19N3/c1-3-13-7-6-10-17-15(13)11-18-12(2)14-8-4-5-9-16-14/h4-10,12,18H,3,11H2,1-2H3. The summed E-state index contributed by atoms with van der Waals surface area (Å²) in [6.45, 7) is 5.06. The Balaban J connectivity index is 1.99. The first-order valence-electron chi connectivity index (χ1n) is 6.38. The van der Waals surface area contributed by atoms with E-state index in [9.17, 15) is 0 Å². The fourth-order valence-electron chi connectivity index (χ4n) is 1.94. The van der Waals surface area contributed by atoms with Crippen LogP contribution in [0.4, 0.5) is 0 Å². The second-order valence-corrected chi connectivity index (χ2v) is 4.32. The molecule has 0 spiro atoms. The van der Waals surface area contributed by atoms with Crippen molar-refractivity contribution in [3.8, 4) is 0 Å². The zero-order valence-corrected chi connectivity index (χ0v) is 10.9. The molecule has 0 saturated heterocycles. The van der Waals surface area contributed by atoms with Crippen molar-refractivity contribution in [1.82, 2.24) is 15.3 Å². The molecule has 0 radical (unpaired) electrons. The maximum Gasteiger partial charge on any atom is 0.0573 e. The molecular formula is C15H19N3. The highest BCUT2D eigenvalue weighted by molar-refractivity contribution is 5.19. The van der Waals surface area contributed by atoms with Gasteiger partial charge in [0, 0.05) is 25.0 Å². The molecule has 2 aromatic rings. The first-order chi connectivity index (χ1) is 8.81. The van der Waals surface area contributed by atoms with Crippen molar-refractivity contribution in [2.45, 2.75) is 32.9 Å². The normalized spacial score (nSPS) is 12.3. The Kier molecular flexibility index (Phi) is 4.42. The minimum atomic E-state index is 0.234. The maximum atomic E-state index is 4.43. The highest BCUT2D eigenvalue weighted by atomic mass is 14.9. The third-order valence-corrected chi connectivity index (χ3v) is 3.07. The number of nitrogens with one attached hydrogen (secondary N) is 1. The average Bonchev–Trinajstić information content (AvgIpc) is 2.46. The Morgan fingerprint density at radius 2 is 1.94 bits per heavy atom. The van der Waals surface area contributed by atoms with Gasteiger partial charge in [-0.05, 0) is 37.1 Å². The molecule has 2 rings (SSSR count). The Morgan fingerprint density at radius 3 is 2.67 bits per heavy atom. The van der Waals surface area contributed by atoms with Crippen molar-refractivity contribution in [3.05, 3.63) is 59.7 Å². The number of rotatable bonds is 5. The predicted octanol–water partition coefficient (Wildman–Crippen LogP) is 2.89. The van der Waals surface area contributed by atoms with Gasteiger partial charge in [0.25, 0.3) is 0 Å². The van der Waals surface area contributed by atoms with E-state index >= 15 is 0 Å². The lowest BCUT2D eigenvalue weighted by atomic mass is 10.1. The third-order valence-electron chi connectivity index (χ3n) is 3.07. The summed E-state index contributed by atoms with van der Waals surface area (Å²) >= 11 is 0. The number of hydrogen-bond acceptors (Lipinski definition) is 3. The molecule has 0 fully saturated rings. The van der Waals surface area contributed by atoms with Crippen molar-refractivity contribution in [3.63, 3.8) is 0 Å². The van der Waals surface area contributed by atoms with Crippen LogP contribution in [0.3, 0.4) is 0 Å². The molecule has 0 amide bonds. The maximum absolute atomic E-state index is 4.43. The summed E-state index contributed by atoms with van der Waals surface area (Å²) in [5.41, 5.74) is 3.49. The SMILES string of the molecule is CCc1cccnc1CNC(C)c1ccccn1. The van der Waals surface area contributed by atoms with E-state index in [1.165, 1.54) is 5.56 Å². The van der Waals surface area contributed by atoms with Gasteiger partial charge in [-0.2, -0.15) is 0 Å². The van der Waals surface area contributed by atoms with Gasteiger partial charge in [0.1, 0.15) is 0 Å². The Bertz CT molecular complexity index is 482. The van der Waals surface area contributed by atoms with E-state index in [0.717, 1.165) is 24.4 Å². The molecule has 94 valence electrons. The monoisotopic (exact) mass is 241 g/mol. The van der Waals surface area contributed by atoms with Gasteiger partial charge in [-0.1, -0.05) is 19.1 Å². The summed E-state index contributed by atoms with van der Waals surface area (Å²) in [7, 11) is 0. The summed E-state index contributed by atoms with van der Waals surface area (Å²) in [4.78, 5) is 8.78. The number of pyridine rings is 2. The van der Waals surface area contributed by atoms with Gasteiger partial charge in [-0.3, -0.25) is 9.97 Å². The molecule has 2 heterocycles. The van der Waals surface area contributed by atoms with Crippen LogP contribution in [-0.4, -0.2) is 9.97 Å². The second kappa shape index (κ2) is 6.26. The van der Waals surface area contributed by atoms with Crippen LogP contribution in [0.15, 0.2) is 42.7 Å². The lowest BCUT2D eigenvalue weighted by Crippen LogP contribution is -2.20. The summed E-state index contributed by atoms with van der Waals surface area (Å²) < 4.78 is 0. The number of hydrogen-bond donors (Lipinski definition) is 1. The second-order valence-electron chi connectivity index (χ2n) is 4.32. The predicted molar refractivity (Wildman–Crippen MR) is 73.1 cm³/mol. The summed E-state index contributed by atoms with van der Waals surface area (Å²) in [6.07, 6.45) is 4.69. The number of aryl methyl sites for hydroxylation is 1. The van der Waals surface area contributed by atoms with Crippen LogP contribution >= 0.6 is 0 Å². The molecule has 0 aliphatic rings. The van der Waals surface area contributed by atoms with Gasteiger partial charge < -0.3 is 5.32 Å². The molecule has 1 unspecified atom stereocenters. The summed E-state index contributed by atoms with van der Waals surface area (Å²) in [5, 5.41) is 3.46. The molecule has 18 heavy (non-hydrogen) atoms. The first-order valence-corrected chi connectivity index (χ1v) is 6.38. The highest BCUT2D eigenvalue weighted by Gasteiger charge is 2.07. The van der Waals surface area contributed by atoms with Crippen LogP contribution < -0.4 is 5.32 Å². The molecule has 0 aromatic carbocycles. The molecule has 3 heteroatoms. The Morgan fingerprint density at radius 1 is 1.11 bits per heavy atom. The summed E-state index contributed by atoms with van der Waals surface area (Å²) in [5.74, 6) is 0. The molecular weight excluding hydrogens is 222 g/mol. The van der Waals surface area contributed by atoms with E-state index in [2.05, 4.69) is 35.2 Å². The largest absolute Gasteiger partial charge is 0.303 e. The minimum Gasteiger partial charge on any atom is -0.303 e. The van der Waals surface area contributed by atoms with Crippen LogP contribution in [0.1, 0.15) is 36.8 Å². The Labute approximate surface area is 108 Å². The minimum absolute atomic E-state index is 0.234. The zero-order valence-electron chi connectivity index (χ0n) is 10.9. The third kappa shape index (κ3) is 3.14. The molecule has 1 atom stereocenters. The molecule has 0 saturated carbocycles. The highest BCUT2D eigenvalue weighted by Crippen LogP contribution is 2.11. The van der Waals surface area contributed by atoms with Gasteiger partial charge >= 0.3 is 0 Å². The topological polar surface area (TPSA) is 37.8 Å². The van der Waals surface area contributed by atoms with Crippen LogP contribution in [0.2, 0.25) is 0 Å². The van der Waals surface area contributed by atoms with E-state index in [0.29, 0.717) is 0 Å². The van der Waals surface area contributed by atoms with E-state index < -0.39 is 0 Å². The van der Waals surface area contributed by atoms with E-state index in [-0.39, 0.29) is 6.04 Å². The van der Waals surface area contributed by atoms with Crippen molar-refractivity contribution >= 4 is 0 Å². The number of aromatic nitrogens is 2. The van der Waals surface area contributed by atoms with Crippen LogP contribution in [-0.2, 0) is 13.0 Å². The molecule has 1 N–H and O–H groups in total. The quantitative estimate of drug-likeness (QED) is 0.874. The van der Waals surface area contributed by atoms with Crippen LogP contribution in [0.25, 0.3) is 0 Å². The van der Waals surface area contributed by atoms with E-state index in [1.807, 2.05) is 36.7 Å². The fourth-order valence-corrected chi connectivity index (χ4v) is 1.94. The van der Waals surface area contributed by atoms with Gasteiger partial charge in [-0.25, -0.2) is 0 Å². The van der Waals surface area contributed by atoms with Crippen molar-refractivity contribution < 1.29 is 0 Å². The fraction of sp³-hybridized carbons (Fsp3) is 0.333. The molecule has 0 bridgehead atoms. The van der Waals surface area contributed by atoms with Crippen LogP contribution in [0.5, 0.6) is 0 Å². The average molecular weight is 241 g/mol.